The summed E-state index contributed by atoms with van der Waals surface area (Å²) in [5.41, 5.74) is 0.278. The molecule has 0 aliphatic carbocycles. The molecule has 0 amide bonds. The Morgan fingerprint density at radius 2 is 2.42 bits per heavy atom. The molecule has 0 unspecified atom stereocenters. The number of rotatable bonds is 1. The molecule has 0 aromatic carbocycles. The Hall–Kier alpha value is -1.48. The molecule has 5 nitrogen and oxygen atoms in total. The van der Waals surface area contributed by atoms with Crippen LogP contribution in [0.1, 0.15) is 5.56 Å². The maximum atomic E-state index is 10.2. The minimum Gasteiger partial charge on any atom is -0.358 e. The number of pyridine rings is 1. The zero-order valence-corrected chi connectivity index (χ0v) is 7.28. The molecule has 1 rings (SSSR count). The van der Waals surface area contributed by atoms with Crippen LogP contribution in [-0.4, -0.2) is 9.91 Å². The van der Waals surface area contributed by atoms with Gasteiger partial charge in [0.2, 0.25) is 0 Å². The van der Waals surface area contributed by atoms with E-state index < -0.39 is 4.92 Å². The number of nitriles is 1. The van der Waals surface area contributed by atoms with Gasteiger partial charge in [-0.15, -0.1) is 0 Å². The maximum Gasteiger partial charge on any atom is 0.364 e. The number of nitrogens with zero attached hydrogens (tertiary/aromatic N) is 3. The lowest BCUT2D eigenvalue weighted by atomic mass is 10.3. The zero-order chi connectivity index (χ0) is 9.14. The highest BCUT2D eigenvalue weighted by molar-refractivity contribution is 9.10. The molecule has 12 heavy (non-hydrogen) atoms. The van der Waals surface area contributed by atoms with Crippen LogP contribution in [0, 0.1) is 21.4 Å². The molecule has 0 spiro atoms. The lowest BCUT2D eigenvalue weighted by Gasteiger charge is -1.92. The minimum atomic E-state index is -0.619. The molecule has 6 heteroatoms. The van der Waals surface area contributed by atoms with Gasteiger partial charge in [-0.1, -0.05) is 0 Å². The molecule has 0 aliphatic rings. The van der Waals surface area contributed by atoms with Gasteiger partial charge in [0.15, 0.2) is 6.20 Å². The van der Waals surface area contributed by atoms with E-state index in [1.807, 2.05) is 6.07 Å². The minimum absolute atomic E-state index is 0.277. The van der Waals surface area contributed by atoms with Crippen LogP contribution in [0.2, 0.25) is 0 Å². The van der Waals surface area contributed by atoms with Crippen LogP contribution in [0.15, 0.2) is 16.7 Å². The fourth-order valence-electron chi connectivity index (χ4n) is 0.603. The smallest absolute Gasteiger partial charge is 0.358 e. The lowest BCUT2D eigenvalue weighted by molar-refractivity contribution is -0.389. The summed E-state index contributed by atoms with van der Waals surface area (Å²) < 4.78 is 0.381. The molecule has 1 heterocycles. The van der Waals surface area contributed by atoms with Crippen molar-refractivity contribution >= 4 is 21.7 Å². The summed E-state index contributed by atoms with van der Waals surface area (Å²) in [6, 6.07) is 3.02. The summed E-state index contributed by atoms with van der Waals surface area (Å²) in [6.07, 6.45) is 1.15. The molecular formula is C6H2BrN3O2. The SMILES string of the molecule is N#Cc1cnc([N+](=O)[O-])cc1Br. The second-order valence-electron chi connectivity index (χ2n) is 1.89. The summed E-state index contributed by atoms with van der Waals surface area (Å²) in [6.45, 7) is 0. The average Bonchev–Trinajstić information content (AvgIpc) is 2.04. The highest BCUT2D eigenvalue weighted by Crippen LogP contribution is 2.19. The molecule has 0 N–H and O–H groups in total. The van der Waals surface area contributed by atoms with E-state index in [9.17, 15) is 10.1 Å². The Balaban J connectivity index is 3.21. The third-order valence-electron chi connectivity index (χ3n) is 1.15. The molecule has 0 aliphatic heterocycles. The molecule has 0 saturated heterocycles. The van der Waals surface area contributed by atoms with Gasteiger partial charge in [0.05, 0.1) is 6.07 Å². The Morgan fingerprint density at radius 1 is 1.75 bits per heavy atom. The van der Waals surface area contributed by atoms with Gasteiger partial charge < -0.3 is 10.1 Å². The number of hydrogen-bond donors (Lipinski definition) is 0. The Labute approximate surface area is 75.9 Å². The van der Waals surface area contributed by atoms with Gasteiger partial charge >= 0.3 is 5.82 Å². The molecule has 0 radical (unpaired) electrons. The normalized spacial score (nSPS) is 9.00. The van der Waals surface area contributed by atoms with Gasteiger partial charge in [-0.25, -0.2) is 0 Å². The molecule has 0 fully saturated rings. The number of hydrogen-bond acceptors (Lipinski definition) is 4. The zero-order valence-electron chi connectivity index (χ0n) is 5.69. The van der Waals surface area contributed by atoms with Crippen molar-refractivity contribution in [3.63, 3.8) is 0 Å². The molecule has 1 aromatic rings. The van der Waals surface area contributed by atoms with Gasteiger partial charge in [0.25, 0.3) is 0 Å². The first-order chi connectivity index (χ1) is 5.65. The molecule has 0 bridgehead atoms. The van der Waals surface area contributed by atoms with Crippen molar-refractivity contribution in [1.29, 1.82) is 5.26 Å². The molecule has 1 aromatic heterocycles. The number of halogens is 1. The fraction of sp³-hybridized carbons (Fsp3) is 0. The van der Waals surface area contributed by atoms with Crippen LogP contribution in [0.25, 0.3) is 0 Å². The van der Waals surface area contributed by atoms with Gasteiger partial charge in [-0.3, -0.25) is 0 Å². The first-order valence-electron chi connectivity index (χ1n) is 2.85. The first-order valence-corrected chi connectivity index (χ1v) is 3.64. The second kappa shape index (κ2) is 3.28. The first kappa shape index (κ1) is 8.62. The monoisotopic (exact) mass is 227 g/mol. The van der Waals surface area contributed by atoms with Crippen LogP contribution in [0.3, 0.4) is 0 Å². The standard InChI is InChI=1S/C6H2BrN3O2/c7-5-1-6(10(11)12)9-3-4(5)2-8/h1,3H. The van der Waals surface area contributed by atoms with Crippen LogP contribution in [-0.2, 0) is 0 Å². The Morgan fingerprint density at radius 3 is 2.83 bits per heavy atom. The summed E-state index contributed by atoms with van der Waals surface area (Å²) in [4.78, 5) is 13.0. The third-order valence-corrected chi connectivity index (χ3v) is 1.80. The summed E-state index contributed by atoms with van der Waals surface area (Å²) in [7, 11) is 0. The van der Waals surface area contributed by atoms with Crippen molar-refractivity contribution in [2.45, 2.75) is 0 Å². The predicted octanol–water partition coefficient (Wildman–Crippen LogP) is 1.62. The molecular weight excluding hydrogens is 226 g/mol. The van der Waals surface area contributed by atoms with E-state index >= 15 is 0 Å². The van der Waals surface area contributed by atoms with Crippen molar-refractivity contribution in [2.75, 3.05) is 0 Å². The summed E-state index contributed by atoms with van der Waals surface area (Å²) in [5, 5.41) is 18.7. The largest absolute Gasteiger partial charge is 0.364 e. The average molecular weight is 228 g/mol. The Bertz CT molecular complexity index is 372. The quantitative estimate of drug-likeness (QED) is 0.540. The third kappa shape index (κ3) is 1.57. The summed E-state index contributed by atoms with van der Waals surface area (Å²) in [5.74, 6) is -0.277. The summed E-state index contributed by atoms with van der Waals surface area (Å²) >= 11 is 3.01. The molecule has 0 atom stereocenters. The van der Waals surface area contributed by atoms with Crippen molar-refractivity contribution < 1.29 is 4.92 Å². The van der Waals surface area contributed by atoms with Gasteiger partial charge in [0, 0.05) is 4.47 Å². The van der Waals surface area contributed by atoms with Crippen LogP contribution in [0.5, 0.6) is 0 Å². The second-order valence-corrected chi connectivity index (χ2v) is 2.75. The van der Waals surface area contributed by atoms with Gasteiger partial charge in [-0.2, -0.15) is 5.26 Å². The van der Waals surface area contributed by atoms with E-state index in [0.717, 1.165) is 6.20 Å². The molecule has 0 saturated carbocycles. The topological polar surface area (TPSA) is 79.8 Å². The molecule has 60 valence electrons. The van der Waals surface area contributed by atoms with E-state index in [1.54, 1.807) is 0 Å². The van der Waals surface area contributed by atoms with E-state index in [2.05, 4.69) is 20.9 Å². The van der Waals surface area contributed by atoms with Crippen LogP contribution < -0.4 is 0 Å². The number of aromatic nitrogens is 1. The van der Waals surface area contributed by atoms with Crippen molar-refractivity contribution in [2.24, 2.45) is 0 Å². The number of nitro groups is 1. The van der Waals surface area contributed by atoms with E-state index in [-0.39, 0.29) is 11.4 Å². The van der Waals surface area contributed by atoms with E-state index in [1.165, 1.54) is 6.07 Å². The van der Waals surface area contributed by atoms with Gasteiger partial charge in [-0.05, 0) is 25.8 Å². The van der Waals surface area contributed by atoms with Crippen LogP contribution in [0.4, 0.5) is 5.82 Å². The van der Waals surface area contributed by atoms with E-state index in [0.29, 0.717) is 4.47 Å². The van der Waals surface area contributed by atoms with Crippen molar-refractivity contribution in [3.8, 4) is 6.07 Å². The highest BCUT2D eigenvalue weighted by atomic mass is 79.9. The van der Waals surface area contributed by atoms with Crippen molar-refractivity contribution in [3.05, 3.63) is 32.4 Å². The predicted molar refractivity (Wildman–Crippen MR) is 43.3 cm³/mol. The highest BCUT2D eigenvalue weighted by Gasteiger charge is 2.10. The van der Waals surface area contributed by atoms with E-state index in [4.69, 9.17) is 5.26 Å². The van der Waals surface area contributed by atoms with Crippen LogP contribution >= 0.6 is 15.9 Å². The fourth-order valence-corrected chi connectivity index (χ4v) is 0.999. The maximum absolute atomic E-state index is 10.2. The van der Waals surface area contributed by atoms with Crippen molar-refractivity contribution in [1.82, 2.24) is 4.98 Å². The van der Waals surface area contributed by atoms with Gasteiger partial charge in [0.1, 0.15) is 11.6 Å². The lowest BCUT2D eigenvalue weighted by Crippen LogP contribution is -1.92. The Kier molecular flexibility index (Phi) is 2.35.